The Kier molecular flexibility index (Phi) is 4.56. The van der Waals surface area contributed by atoms with E-state index in [1.165, 1.54) is 11.3 Å². The van der Waals surface area contributed by atoms with Crippen LogP contribution in [0.1, 0.15) is 6.92 Å². The van der Waals surface area contributed by atoms with Crippen LogP contribution in [-0.4, -0.2) is 18.2 Å². The van der Waals surface area contributed by atoms with Gasteiger partial charge in [-0.15, -0.1) is 11.3 Å². The van der Waals surface area contributed by atoms with Crippen LogP contribution in [0.25, 0.3) is 11.3 Å². The predicted octanol–water partition coefficient (Wildman–Crippen LogP) is 4.19. The predicted molar refractivity (Wildman–Crippen MR) is 96.2 cm³/mol. The van der Waals surface area contributed by atoms with Crippen molar-refractivity contribution in [2.75, 3.05) is 4.72 Å². The van der Waals surface area contributed by atoms with Gasteiger partial charge in [-0.1, -0.05) is 12.1 Å². The van der Waals surface area contributed by atoms with Crippen LogP contribution in [0.3, 0.4) is 0 Å². The maximum atomic E-state index is 12.5. The van der Waals surface area contributed by atoms with E-state index in [0.29, 0.717) is 10.2 Å². The molecule has 0 unspecified atom stereocenters. The first-order valence-corrected chi connectivity index (χ1v) is 10.0. The first-order valence-electron chi connectivity index (χ1n) is 6.89. The first kappa shape index (κ1) is 16.2. The van der Waals surface area contributed by atoms with E-state index < -0.39 is 10.0 Å². The van der Waals surface area contributed by atoms with Gasteiger partial charge in [0.15, 0.2) is 0 Å². The van der Waals surface area contributed by atoms with Gasteiger partial charge >= 0.3 is 0 Å². The molecule has 0 fully saturated rings. The summed E-state index contributed by atoms with van der Waals surface area (Å²) in [7, 11) is -3.62. The maximum absolute atomic E-state index is 12.5. The molecule has 0 amide bonds. The third-order valence-electron chi connectivity index (χ3n) is 3.27. The van der Waals surface area contributed by atoms with Crippen LogP contribution in [0, 0.1) is 0 Å². The number of nitrogens with one attached hydrogen (secondary N) is 1. The fourth-order valence-corrected chi connectivity index (χ4v) is 4.93. The summed E-state index contributed by atoms with van der Waals surface area (Å²) in [6.07, 6.45) is 1.71. The van der Waals surface area contributed by atoms with E-state index in [-0.39, 0.29) is 4.21 Å². The van der Waals surface area contributed by atoms with E-state index in [0.717, 1.165) is 17.8 Å². The lowest BCUT2D eigenvalue weighted by Gasteiger charge is -2.07. The molecule has 0 radical (unpaired) electrons. The van der Waals surface area contributed by atoms with Gasteiger partial charge in [0.2, 0.25) is 0 Å². The molecule has 0 saturated heterocycles. The minimum Gasteiger partial charge on any atom is -0.278 e. The van der Waals surface area contributed by atoms with Gasteiger partial charge in [-0.05, 0) is 47.1 Å². The fourth-order valence-electron chi connectivity index (χ4n) is 2.16. The molecule has 0 spiro atoms. The molecule has 2 heterocycles. The first-order chi connectivity index (χ1) is 11.0. The van der Waals surface area contributed by atoms with Crippen molar-refractivity contribution in [1.29, 1.82) is 0 Å². The van der Waals surface area contributed by atoms with Gasteiger partial charge < -0.3 is 0 Å². The molecule has 23 heavy (non-hydrogen) atoms. The largest absolute Gasteiger partial charge is 0.278 e. The molecule has 0 aliphatic rings. The number of benzene rings is 1. The Balaban J connectivity index is 1.92. The minimum atomic E-state index is -3.62. The monoisotopic (exact) mass is 411 g/mol. The summed E-state index contributed by atoms with van der Waals surface area (Å²) < 4.78 is 30.5. The highest BCUT2D eigenvalue weighted by atomic mass is 79.9. The Morgan fingerprint density at radius 1 is 1.30 bits per heavy atom. The average molecular weight is 412 g/mol. The second-order valence-corrected chi connectivity index (χ2v) is 8.45. The lowest BCUT2D eigenvalue weighted by atomic mass is 10.2. The Labute approximate surface area is 147 Å². The molecule has 0 atom stereocenters. The van der Waals surface area contributed by atoms with Crippen LogP contribution in [0.15, 0.2) is 56.7 Å². The number of anilines is 1. The van der Waals surface area contributed by atoms with Crippen molar-refractivity contribution in [1.82, 2.24) is 9.78 Å². The van der Waals surface area contributed by atoms with Gasteiger partial charge in [-0.2, -0.15) is 5.10 Å². The molecule has 0 aliphatic heterocycles. The third kappa shape index (κ3) is 3.34. The van der Waals surface area contributed by atoms with Crippen molar-refractivity contribution in [2.45, 2.75) is 17.7 Å². The summed E-state index contributed by atoms with van der Waals surface area (Å²) >= 11 is 4.53. The Hall–Kier alpha value is -1.64. The Morgan fingerprint density at radius 3 is 2.83 bits per heavy atom. The van der Waals surface area contributed by atoms with E-state index in [4.69, 9.17) is 0 Å². The molecule has 8 heteroatoms. The van der Waals surface area contributed by atoms with Crippen molar-refractivity contribution in [2.24, 2.45) is 0 Å². The van der Waals surface area contributed by atoms with Crippen LogP contribution < -0.4 is 4.72 Å². The number of para-hydroxylation sites is 1. The quantitative estimate of drug-likeness (QED) is 0.684. The Morgan fingerprint density at radius 2 is 2.09 bits per heavy atom. The van der Waals surface area contributed by atoms with Gasteiger partial charge in [-0.25, -0.2) is 8.42 Å². The van der Waals surface area contributed by atoms with Crippen LogP contribution in [0.5, 0.6) is 0 Å². The van der Waals surface area contributed by atoms with Crippen molar-refractivity contribution in [3.63, 3.8) is 0 Å². The second kappa shape index (κ2) is 6.46. The summed E-state index contributed by atoms with van der Waals surface area (Å²) in [5.41, 5.74) is 2.27. The van der Waals surface area contributed by atoms with Crippen molar-refractivity contribution >= 4 is 43.0 Å². The van der Waals surface area contributed by atoms with Gasteiger partial charge in [-0.3, -0.25) is 9.40 Å². The van der Waals surface area contributed by atoms with Crippen LogP contribution in [0.2, 0.25) is 0 Å². The number of thiophene rings is 1. The van der Waals surface area contributed by atoms with Gasteiger partial charge in [0.1, 0.15) is 4.21 Å². The molecule has 1 aromatic carbocycles. The zero-order valence-corrected chi connectivity index (χ0v) is 15.5. The summed E-state index contributed by atoms with van der Waals surface area (Å²) in [5, 5.41) is 6.04. The van der Waals surface area contributed by atoms with Crippen molar-refractivity contribution < 1.29 is 8.42 Å². The molecule has 5 nitrogen and oxygen atoms in total. The number of aromatic nitrogens is 2. The minimum absolute atomic E-state index is 0.270. The summed E-state index contributed by atoms with van der Waals surface area (Å²) in [6, 6.07) is 10.7. The van der Waals surface area contributed by atoms with Crippen LogP contribution in [0.4, 0.5) is 5.69 Å². The molecule has 120 valence electrons. The highest BCUT2D eigenvalue weighted by Crippen LogP contribution is 2.31. The lowest BCUT2D eigenvalue weighted by molar-refractivity contribution is 0.603. The second-order valence-electron chi connectivity index (χ2n) is 4.77. The van der Waals surface area contributed by atoms with Gasteiger partial charge in [0.05, 0.1) is 11.4 Å². The average Bonchev–Trinajstić information content (AvgIpc) is 3.17. The molecular formula is C15H14BrN3O2S2. The Bertz CT molecular complexity index is 932. The smallest absolute Gasteiger partial charge is 0.271 e. The molecule has 2 aromatic heterocycles. The van der Waals surface area contributed by atoms with E-state index in [1.807, 2.05) is 29.1 Å². The molecule has 1 N–H and O–H groups in total. The summed E-state index contributed by atoms with van der Waals surface area (Å²) in [5.74, 6) is 0. The molecule has 3 rings (SSSR count). The highest BCUT2D eigenvalue weighted by molar-refractivity contribution is 9.10. The number of halogens is 1. The number of rotatable bonds is 5. The maximum Gasteiger partial charge on any atom is 0.271 e. The molecule has 0 bridgehead atoms. The van der Waals surface area contributed by atoms with Crippen molar-refractivity contribution in [3.05, 3.63) is 52.4 Å². The van der Waals surface area contributed by atoms with E-state index >= 15 is 0 Å². The van der Waals surface area contributed by atoms with Gasteiger partial charge in [0, 0.05) is 28.2 Å². The molecule has 0 saturated carbocycles. The topological polar surface area (TPSA) is 64.0 Å². The number of aryl methyl sites for hydroxylation is 1. The SMILES string of the molecule is CCn1nccc1-c1csc(S(=O)(=O)Nc2ccccc2Br)c1. The normalized spacial score (nSPS) is 11.6. The summed E-state index contributed by atoms with van der Waals surface area (Å²) in [4.78, 5) is 0. The van der Waals surface area contributed by atoms with Crippen LogP contribution >= 0.6 is 27.3 Å². The zero-order chi connectivity index (χ0) is 16.4. The third-order valence-corrected chi connectivity index (χ3v) is 6.77. The molecular weight excluding hydrogens is 398 g/mol. The number of nitrogens with zero attached hydrogens (tertiary/aromatic N) is 2. The number of hydrogen-bond donors (Lipinski definition) is 1. The van der Waals surface area contributed by atoms with Crippen molar-refractivity contribution in [3.8, 4) is 11.3 Å². The van der Waals surface area contributed by atoms with Gasteiger partial charge in [0.25, 0.3) is 10.0 Å². The van der Waals surface area contributed by atoms with E-state index in [1.54, 1.807) is 30.5 Å². The summed E-state index contributed by atoms with van der Waals surface area (Å²) in [6.45, 7) is 2.73. The zero-order valence-electron chi connectivity index (χ0n) is 12.2. The molecule has 3 aromatic rings. The number of sulfonamides is 1. The van der Waals surface area contributed by atoms with Crippen LogP contribution in [-0.2, 0) is 16.6 Å². The lowest BCUT2D eigenvalue weighted by Crippen LogP contribution is -2.11. The molecule has 0 aliphatic carbocycles. The van der Waals surface area contributed by atoms with E-state index in [9.17, 15) is 8.42 Å². The highest BCUT2D eigenvalue weighted by Gasteiger charge is 2.19. The van der Waals surface area contributed by atoms with E-state index in [2.05, 4.69) is 25.8 Å². The standard InChI is InChI=1S/C15H14BrN3O2S2/c1-2-19-14(7-8-17-19)11-9-15(22-10-11)23(20,21)18-13-6-4-3-5-12(13)16/h3-10,18H,2H2,1H3. The number of hydrogen-bond acceptors (Lipinski definition) is 4. The fraction of sp³-hybridized carbons (Fsp3) is 0.133.